The summed E-state index contributed by atoms with van der Waals surface area (Å²) in [5, 5.41) is 3.60. The third-order valence-corrected chi connectivity index (χ3v) is 7.77. The molecule has 0 bridgehead atoms. The van der Waals surface area contributed by atoms with Gasteiger partial charge in [-0.25, -0.2) is 4.98 Å². The maximum absolute atomic E-state index is 5.02. The van der Waals surface area contributed by atoms with Crippen LogP contribution in [0.1, 0.15) is 29.7 Å². The van der Waals surface area contributed by atoms with Crippen molar-refractivity contribution >= 4 is 49.7 Å². The van der Waals surface area contributed by atoms with Gasteiger partial charge in [0.1, 0.15) is 0 Å². The van der Waals surface area contributed by atoms with E-state index in [4.69, 9.17) is 4.98 Å². The molecule has 1 N–H and O–H groups in total. The predicted molar refractivity (Wildman–Crippen MR) is 143 cm³/mol. The molecule has 2 atom stereocenters. The molecule has 3 nitrogen and oxygen atoms in total. The van der Waals surface area contributed by atoms with Gasteiger partial charge in [-0.15, -0.1) is 0 Å². The number of nitrogens with zero attached hydrogens (tertiary/aromatic N) is 2. The fraction of sp³-hybridized carbons (Fsp3) is 0.179. The number of anilines is 2. The molecule has 1 aliphatic rings. The van der Waals surface area contributed by atoms with E-state index in [-0.39, 0.29) is 6.04 Å². The lowest BCUT2D eigenvalue weighted by molar-refractivity contribution is 0.453. The fourth-order valence-corrected chi connectivity index (χ4v) is 5.57. The van der Waals surface area contributed by atoms with E-state index in [0.29, 0.717) is 5.92 Å². The number of fused-ring (bicyclic) bond motifs is 2. The summed E-state index contributed by atoms with van der Waals surface area (Å²) < 4.78 is 2.38. The van der Waals surface area contributed by atoms with Crippen LogP contribution in [0.25, 0.3) is 17.1 Å². The summed E-state index contributed by atoms with van der Waals surface area (Å²) in [7, 11) is -1.24. The normalized spacial score (nSPS) is 17.9. The largest absolute Gasteiger partial charge is 0.326 e. The van der Waals surface area contributed by atoms with Crippen molar-refractivity contribution in [2.75, 3.05) is 11.6 Å². The molecular formula is C28H29N3S. The van der Waals surface area contributed by atoms with E-state index >= 15 is 0 Å². The second-order valence-corrected chi connectivity index (χ2v) is 12.0. The Morgan fingerprint density at radius 1 is 1.06 bits per heavy atom. The zero-order valence-corrected chi connectivity index (χ0v) is 19.5. The lowest BCUT2D eigenvalue weighted by atomic mass is 10.0. The Labute approximate surface area is 190 Å². The van der Waals surface area contributed by atoms with Crippen LogP contribution in [-0.4, -0.2) is 27.5 Å². The van der Waals surface area contributed by atoms with Gasteiger partial charge in [-0.05, 0) is 76.6 Å². The van der Waals surface area contributed by atoms with Crippen molar-refractivity contribution in [3.8, 4) is 0 Å². The second kappa shape index (κ2) is 7.72. The molecule has 162 valence electrons. The van der Waals surface area contributed by atoms with Crippen LogP contribution in [0, 0.1) is 5.92 Å². The van der Waals surface area contributed by atoms with Gasteiger partial charge in [-0.3, -0.25) is 0 Å². The molecule has 0 saturated heterocycles. The summed E-state index contributed by atoms with van der Waals surface area (Å²) in [6.45, 7) is 6.26. The molecule has 1 heterocycles. The van der Waals surface area contributed by atoms with Gasteiger partial charge in [0.25, 0.3) is 0 Å². The van der Waals surface area contributed by atoms with Crippen molar-refractivity contribution in [3.05, 3.63) is 90.0 Å². The van der Waals surface area contributed by atoms with Gasteiger partial charge in [0, 0.05) is 5.69 Å². The SMILES string of the molecule is C=Cc1ccc2c(c1)nc(Nc1ccc(S(=C)(=C)C)cc1)n2C1c2ccccc2CC1C. The van der Waals surface area contributed by atoms with Crippen LogP contribution in [0.5, 0.6) is 0 Å². The number of rotatable bonds is 5. The molecule has 2 unspecified atom stereocenters. The van der Waals surface area contributed by atoms with Crippen molar-refractivity contribution in [2.24, 2.45) is 5.92 Å². The summed E-state index contributed by atoms with van der Waals surface area (Å²) in [5.74, 6) is 9.79. The molecule has 4 aromatic rings. The number of hydrogen-bond acceptors (Lipinski definition) is 2. The van der Waals surface area contributed by atoms with Crippen molar-refractivity contribution < 1.29 is 0 Å². The van der Waals surface area contributed by atoms with Crippen LogP contribution in [0.4, 0.5) is 11.6 Å². The lowest BCUT2D eigenvalue weighted by Gasteiger charge is -2.23. The topological polar surface area (TPSA) is 29.9 Å². The molecule has 0 radical (unpaired) electrons. The Kier molecular flexibility index (Phi) is 4.98. The molecule has 0 amide bonds. The summed E-state index contributed by atoms with van der Waals surface area (Å²) >= 11 is 0. The van der Waals surface area contributed by atoms with Crippen molar-refractivity contribution in [2.45, 2.75) is 24.3 Å². The first-order valence-corrected chi connectivity index (χ1v) is 13.3. The molecule has 0 spiro atoms. The molecule has 4 heteroatoms. The molecule has 1 aromatic heterocycles. The van der Waals surface area contributed by atoms with Gasteiger partial charge in [0.15, 0.2) is 0 Å². The third-order valence-electron chi connectivity index (χ3n) is 6.36. The smallest absolute Gasteiger partial charge is 0.209 e. The molecule has 1 aliphatic carbocycles. The Morgan fingerprint density at radius 2 is 1.81 bits per heavy atom. The molecule has 0 fully saturated rings. The quantitative estimate of drug-likeness (QED) is 0.344. The van der Waals surface area contributed by atoms with Gasteiger partial charge < -0.3 is 9.88 Å². The zero-order chi connectivity index (χ0) is 22.5. The Morgan fingerprint density at radius 3 is 2.53 bits per heavy atom. The van der Waals surface area contributed by atoms with Crippen molar-refractivity contribution in [3.63, 3.8) is 0 Å². The van der Waals surface area contributed by atoms with E-state index in [1.165, 1.54) is 16.0 Å². The summed E-state index contributed by atoms with van der Waals surface area (Å²) in [6, 6.07) is 23.9. The molecular weight excluding hydrogens is 410 g/mol. The van der Waals surface area contributed by atoms with E-state index in [1.54, 1.807) is 0 Å². The summed E-state index contributed by atoms with van der Waals surface area (Å²) in [6.07, 6.45) is 5.05. The number of aromatic nitrogens is 2. The van der Waals surface area contributed by atoms with Crippen LogP contribution in [0.2, 0.25) is 0 Å². The monoisotopic (exact) mass is 439 g/mol. The van der Waals surface area contributed by atoms with Gasteiger partial charge in [-0.2, -0.15) is 9.21 Å². The third kappa shape index (κ3) is 3.55. The van der Waals surface area contributed by atoms with Crippen molar-refractivity contribution in [1.82, 2.24) is 9.55 Å². The van der Waals surface area contributed by atoms with E-state index < -0.39 is 9.21 Å². The minimum Gasteiger partial charge on any atom is -0.326 e. The number of hydrogen-bond donors (Lipinski definition) is 1. The van der Waals surface area contributed by atoms with Gasteiger partial charge in [0.05, 0.1) is 17.1 Å². The van der Waals surface area contributed by atoms with Crippen LogP contribution in [0.3, 0.4) is 0 Å². The molecule has 0 saturated carbocycles. The first kappa shape index (κ1) is 20.7. The number of nitrogens with one attached hydrogen (secondary N) is 1. The number of imidazole rings is 1. The van der Waals surface area contributed by atoms with Gasteiger partial charge in [-0.1, -0.05) is 61.7 Å². The lowest BCUT2D eigenvalue weighted by Crippen LogP contribution is -2.16. The Balaban J connectivity index is 1.65. The Hall–Kier alpha value is -3.24. The fourth-order valence-electron chi connectivity index (χ4n) is 4.78. The first-order chi connectivity index (χ1) is 15.3. The van der Waals surface area contributed by atoms with E-state index in [9.17, 15) is 0 Å². The summed E-state index contributed by atoms with van der Waals surface area (Å²) in [5.41, 5.74) is 7.02. The standard InChI is InChI=1S/C28H29N3S/c1-6-20-11-16-26-25(18-20)30-28(29-22-12-14-23(15-13-22)32(3,4)5)31(26)27-19(2)17-21-9-7-8-10-24(21)27/h6-16,18-19,27H,1,3-4,17H2,2,5H3,(H,29,30). The molecule has 32 heavy (non-hydrogen) atoms. The minimum absolute atomic E-state index is 0.236. The average molecular weight is 440 g/mol. The van der Waals surface area contributed by atoms with Crippen LogP contribution in [-0.2, 0) is 6.42 Å². The van der Waals surface area contributed by atoms with Crippen LogP contribution in [0.15, 0.2) is 78.2 Å². The minimum atomic E-state index is -1.24. The predicted octanol–water partition coefficient (Wildman–Crippen LogP) is 6.86. The highest BCUT2D eigenvalue weighted by Crippen LogP contribution is 2.42. The van der Waals surface area contributed by atoms with E-state index in [1.807, 2.05) is 6.08 Å². The zero-order valence-electron chi connectivity index (χ0n) is 18.7. The highest BCUT2D eigenvalue weighted by Gasteiger charge is 2.33. The van der Waals surface area contributed by atoms with Crippen LogP contribution < -0.4 is 5.32 Å². The van der Waals surface area contributed by atoms with Gasteiger partial charge >= 0.3 is 0 Å². The second-order valence-electron chi connectivity index (χ2n) is 9.01. The van der Waals surface area contributed by atoms with E-state index in [0.717, 1.165) is 34.7 Å². The highest BCUT2D eigenvalue weighted by molar-refractivity contribution is 8.27. The highest BCUT2D eigenvalue weighted by atomic mass is 32.2. The number of benzene rings is 3. The van der Waals surface area contributed by atoms with Crippen molar-refractivity contribution in [1.29, 1.82) is 0 Å². The molecule has 3 aromatic carbocycles. The molecule has 5 rings (SSSR count). The van der Waals surface area contributed by atoms with E-state index in [2.05, 4.69) is 108 Å². The molecule has 0 aliphatic heterocycles. The Bertz CT molecular complexity index is 1430. The first-order valence-electron chi connectivity index (χ1n) is 10.9. The maximum Gasteiger partial charge on any atom is 0.209 e. The summed E-state index contributed by atoms with van der Waals surface area (Å²) in [4.78, 5) is 6.21. The van der Waals surface area contributed by atoms with Gasteiger partial charge in [0.2, 0.25) is 5.95 Å². The maximum atomic E-state index is 5.02. The average Bonchev–Trinajstić information content (AvgIpc) is 3.28. The van der Waals surface area contributed by atoms with Crippen LogP contribution >= 0.6 is 9.21 Å².